The van der Waals surface area contributed by atoms with E-state index in [-0.39, 0.29) is 0 Å². The summed E-state index contributed by atoms with van der Waals surface area (Å²) in [6.45, 7) is 4.56. The summed E-state index contributed by atoms with van der Waals surface area (Å²) in [5.74, 6) is 6.49. The molecule has 0 saturated heterocycles. The van der Waals surface area contributed by atoms with Gasteiger partial charge in [0.05, 0.1) is 0 Å². The molecule has 0 nitrogen and oxygen atoms in total. The standard InChI is InChI=1S/C24H44/c1-3-5-7-9-11-13-15-17-19-21-23-24-22-20-18-16-14-12-10-8-6-4-2/h21,23H,3-20H2,1-2H3/b23-21-. The summed E-state index contributed by atoms with van der Waals surface area (Å²) in [7, 11) is 0. The Balaban J connectivity index is 3.19. The third-order valence-corrected chi connectivity index (χ3v) is 4.68. The quantitative estimate of drug-likeness (QED) is 0.185. The minimum absolute atomic E-state index is 1.08. The second kappa shape index (κ2) is 22.3. The topological polar surface area (TPSA) is 0 Å². The maximum absolute atomic E-state index is 3.29. The maximum atomic E-state index is 3.29. The highest BCUT2D eigenvalue weighted by molar-refractivity contribution is 5.14. The molecule has 0 unspecified atom stereocenters. The van der Waals surface area contributed by atoms with Crippen LogP contribution in [0.3, 0.4) is 0 Å². The van der Waals surface area contributed by atoms with Gasteiger partial charge >= 0.3 is 0 Å². The van der Waals surface area contributed by atoms with E-state index in [9.17, 15) is 0 Å². The van der Waals surface area contributed by atoms with Crippen LogP contribution in [0, 0.1) is 11.8 Å². The zero-order valence-electron chi connectivity index (χ0n) is 16.9. The summed E-state index contributed by atoms with van der Waals surface area (Å²) in [5.41, 5.74) is 0. The van der Waals surface area contributed by atoms with Crippen molar-refractivity contribution in [1.82, 2.24) is 0 Å². The average molecular weight is 333 g/mol. The molecule has 0 saturated carbocycles. The van der Waals surface area contributed by atoms with Crippen LogP contribution in [0.15, 0.2) is 12.2 Å². The fraction of sp³-hybridized carbons (Fsp3) is 0.833. The molecule has 0 heterocycles. The molecule has 0 aliphatic rings. The van der Waals surface area contributed by atoms with Crippen molar-refractivity contribution in [3.63, 3.8) is 0 Å². The lowest BCUT2D eigenvalue weighted by Gasteiger charge is -1.99. The van der Waals surface area contributed by atoms with Crippen LogP contribution in [0.25, 0.3) is 0 Å². The second-order valence-electron chi connectivity index (χ2n) is 7.21. The van der Waals surface area contributed by atoms with Gasteiger partial charge in [0.2, 0.25) is 0 Å². The van der Waals surface area contributed by atoms with E-state index < -0.39 is 0 Å². The molecular formula is C24H44. The first-order valence-electron chi connectivity index (χ1n) is 11.0. The molecular weight excluding hydrogens is 288 g/mol. The second-order valence-corrected chi connectivity index (χ2v) is 7.21. The van der Waals surface area contributed by atoms with Crippen LogP contribution in [0.5, 0.6) is 0 Å². The van der Waals surface area contributed by atoms with Crippen LogP contribution in [-0.4, -0.2) is 0 Å². The van der Waals surface area contributed by atoms with Gasteiger partial charge in [-0.05, 0) is 25.3 Å². The Hall–Kier alpha value is -0.700. The van der Waals surface area contributed by atoms with Gasteiger partial charge in [0, 0.05) is 6.42 Å². The Morgan fingerprint density at radius 3 is 1.54 bits per heavy atom. The monoisotopic (exact) mass is 332 g/mol. The molecule has 0 aliphatic heterocycles. The average Bonchev–Trinajstić information content (AvgIpc) is 2.60. The molecule has 0 N–H and O–H groups in total. The van der Waals surface area contributed by atoms with Gasteiger partial charge in [-0.3, -0.25) is 0 Å². The Kier molecular flexibility index (Phi) is 21.6. The third kappa shape index (κ3) is 21.3. The highest BCUT2D eigenvalue weighted by Gasteiger charge is 1.91. The normalized spacial score (nSPS) is 10.9. The highest BCUT2D eigenvalue weighted by Crippen LogP contribution is 2.10. The largest absolute Gasteiger partial charge is 0.0985 e. The van der Waals surface area contributed by atoms with Crippen LogP contribution in [-0.2, 0) is 0 Å². The minimum atomic E-state index is 1.08. The van der Waals surface area contributed by atoms with E-state index in [4.69, 9.17) is 0 Å². The molecule has 0 fully saturated rings. The first-order valence-corrected chi connectivity index (χ1v) is 11.0. The van der Waals surface area contributed by atoms with Crippen LogP contribution in [0.1, 0.15) is 129 Å². The van der Waals surface area contributed by atoms with E-state index in [0.29, 0.717) is 0 Å². The van der Waals surface area contributed by atoms with Gasteiger partial charge in [-0.15, -0.1) is 0 Å². The lowest BCUT2D eigenvalue weighted by molar-refractivity contribution is 0.577. The summed E-state index contributed by atoms with van der Waals surface area (Å²) < 4.78 is 0. The minimum Gasteiger partial charge on any atom is -0.0985 e. The van der Waals surface area contributed by atoms with Crippen molar-refractivity contribution in [2.24, 2.45) is 0 Å². The van der Waals surface area contributed by atoms with Gasteiger partial charge in [-0.1, -0.05) is 122 Å². The van der Waals surface area contributed by atoms with E-state index >= 15 is 0 Å². The van der Waals surface area contributed by atoms with Crippen LogP contribution in [0.2, 0.25) is 0 Å². The summed E-state index contributed by atoms with van der Waals surface area (Å²) >= 11 is 0. The number of hydrogen-bond donors (Lipinski definition) is 0. The van der Waals surface area contributed by atoms with E-state index in [2.05, 4.69) is 37.8 Å². The first kappa shape index (κ1) is 23.3. The number of allylic oxidation sites excluding steroid dienone is 2. The summed E-state index contributed by atoms with van der Waals surface area (Å²) in [6, 6.07) is 0. The molecule has 0 amide bonds. The van der Waals surface area contributed by atoms with Crippen molar-refractivity contribution < 1.29 is 0 Å². The third-order valence-electron chi connectivity index (χ3n) is 4.68. The molecule has 0 aliphatic carbocycles. The summed E-state index contributed by atoms with van der Waals surface area (Å²) in [4.78, 5) is 0. The van der Waals surface area contributed by atoms with Crippen molar-refractivity contribution in [3.8, 4) is 11.8 Å². The lowest BCUT2D eigenvalue weighted by Crippen LogP contribution is -1.80. The van der Waals surface area contributed by atoms with Gasteiger partial charge in [0.15, 0.2) is 0 Å². The van der Waals surface area contributed by atoms with E-state index in [1.807, 2.05) is 0 Å². The Labute approximate surface area is 153 Å². The number of unbranched alkanes of at least 4 members (excludes halogenated alkanes) is 16. The predicted octanol–water partition coefficient (Wildman–Crippen LogP) is 8.61. The molecule has 0 aromatic heterocycles. The smallest absolute Gasteiger partial charge is 0.00922 e. The molecule has 0 heteroatoms. The summed E-state index contributed by atoms with van der Waals surface area (Å²) in [5, 5.41) is 0. The maximum Gasteiger partial charge on any atom is 0.00922 e. The fourth-order valence-corrected chi connectivity index (χ4v) is 3.02. The van der Waals surface area contributed by atoms with Crippen molar-refractivity contribution in [1.29, 1.82) is 0 Å². The van der Waals surface area contributed by atoms with Crippen molar-refractivity contribution >= 4 is 0 Å². The SMILES string of the molecule is CCCCCCCCCCC#C/C=C\CCCCCCCCCC. The van der Waals surface area contributed by atoms with Crippen LogP contribution >= 0.6 is 0 Å². The number of rotatable bonds is 17. The molecule has 0 aromatic rings. The highest BCUT2D eigenvalue weighted by atomic mass is 14.0. The molecule has 24 heavy (non-hydrogen) atoms. The van der Waals surface area contributed by atoms with Gasteiger partial charge in [0.1, 0.15) is 0 Å². The zero-order chi connectivity index (χ0) is 17.6. The molecule has 0 radical (unpaired) electrons. The molecule has 0 spiro atoms. The lowest BCUT2D eigenvalue weighted by atomic mass is 10.1. The van der Waals surface area contributed by atoms with Crippen molar-refractivity contribution in [3.05, 3.63) is 12.2 Å². The van der Waals surface area contributed by atoms with E-state index in [1.165, 1.54) is 109 Å². The number of hydrogen-bond acceptors (Lipinski definition) is 0. The zero-order valence-corrected chi connectivity index (χ0v) is 16.9. The van der Waals surface area contributed by atoms with Crippen molar-refractivity contribution in [2.75, 3.05) is 0 Å². The van der Waals surface area contributed by atoms with Gasteiger partial charge < -0.3 is 0 Å². The summed E-state index contributed by atoms with van der Waals surface area (Å²) in [6.07, 6.45) is 28.9. The van der Waals surface area contributed by atoms with E-state index in [1.54, 1.807) is 0 Å². The first-order chi connectivity index (χ1) is 11.9. The van der Waals surface area contributed by atoms with Crippen molar-refractivity contribution in [2.45, 2.75) is 129 Å². The van der Waals surface area contributed by atoms with Gasteiger partial charge in [0.25, 0.3) is 0 Å². The molecule has 0 atom stereocenters. The Bertz CT molecular complexity index is 302. The molecule has 0 rings (SSSR count). The molecule has 140 valence electrons. The Morgan fingerprint density at radius 1 is 0.542 bits per heavy atom. The van der Waals surface area contributed by atoms with Gasteiger partial charge in [-0.25, -0.2) is 0 Å². The van der Waals surface area contributed by atoms with Crippen LogP contribution < -0.4 is 0 Å². The molecule has 0 aromatic carbocycles. The molecule has 0 bridgehead atoms. The van der Waals surface area contributed by atoms with Crippen LogP contribution in [0.4, 0.5) is 0 Å². The predicted molar refractivity (Wildman–Crippen MR) is 111 cm³/mol. The van der Waals surface area contributed by atoms with Gasteiger partial charge in [-0.2, -0.15) is 0 Å². The van der Waals surface area contributed by atoms with E-state index in [0.717, 1.165) is 6.42 Å². The Morgan fingerprint density at radius 2 is 1.00 bits per heavy atom. The fourth-order valence-electron chi connectivity index (χ4n) is 3.02.